The van der Waals surface area contributed by atoms with Gasteiger partial charge in [-0.05, 0) is 54.5 Å². The van der Waals surface area contributed by atoms with Crippen LogP contribution in [0.3, 0.4) is 0 Å². The number of nitrogens with zero attached hydrogens (tertiary/aromatic N) is 2. The predicted molar refractivity (Wildman–Crippen MR) is 68.4 cm³/mol. The van der Waals surface area contributed by atoms with E-state index in [9.17, 15) is 0 Å². The van der Waals surface area contributed by atoms with Gasteiger partial charge in [0.15, 0.2) is 0 Å². The van der Waals surface area contributed by atoms with Crippen molar-refractivity contribution in [3.63, 3.8) is 0 Å². The summed E-state index contributed by atoms with van der Waals surface area (Å²) in [5.74, 6) is 0. The quantitative estimate of drug-likeness (QED) is 0.584. The molecule has 0 aliphatic rings. The SMILES string of the molecule is CNC(C)CCCCN(C)CCN(C)C. The number of rotatable bonds is 9. The fourth-order valence-electron chi connectivity index (χ4n) is 1.46. The normalized spacial score (nSPS) is 13.8. The molecule has 3 nitrogen and oxygen atoms in total. The molecule has 0 aromatic carbocycles. The maximum atomic E-state index is 3.27. The predicted octanol–water partition coefficient (Wildman–Crippen LogP) is 1.26. The second kappa shape index (κ2) is 9.13. The van der Waals surface area contributed by atoms with Gasteiger partial charge < -0.3 is 15.1 Å². The van der Waals surface area contributed by atoms with Gasteiger partial charge in [0.05, 0.1) is 0 Å². The molecule has 1 unspecified atom stereocenters. The van der Waals surface area contributed by atoms with Gasteiger partial charge in [0.2, 0.25) is 0 Å². The van der Waals surface area contributed by atoms with E-state index in [2.05, 4.69) is 43.2 Å². The third kappa shape index (κ3) is 10.2. The molecule has 15 heavy (non-hydrogen) atoms. The summed E-state index contributed by atoms with van der Waals surface area (Å²) in [6, 6.07) is 0.664. The van der Waals surface area contributed by atoms with E-state index in [1.807, 2.05) is 7.05 Å². The zero-order valence-electron chi connectivity index (χ0n) is 11.2. The molecule has 0 fully saturated rings. The minimum absolute atomic E-state index is 0.664. The summed E-state index contributed by atoms with van der Waals surface area (Å²) in [6.45, 7) is 5.80. The van der Waals surface area contributed by atoms with Gasteiger partial charge in [0.25, 0.3) is 0 Å². The van der Waals surface area contributed by atoms with Crippen molar-refractivity contribution in [1.29, 1.82) is 0 Å². The molecule has 3 heteroatoms. The Balaban J connectivity index is 3.27. The summed E-state index contributed by atoms with van der Waals surface area (Å²) >= 11 is 0. The lowest BCUT2D eigenvalue weighted by molar-refractivity contribution is 0.276. The Labute approximate surface area is 95.8 Å². The van der Waals surface area contributed by atoms with Crippen molar-refractivity contribution in [2.45, 2.75) is 32.2 Å². The molecule has 0 amide bonds. The highest BCUT2D eigenvalue weighted by atomic mass is 15.1. The zero-order valence-corrected chi connectivity index (χ0v) is 11.2. The van der Waals surface area contributed by atoms with E-state index in [0.29, 0.717) is 6.04 Å². The lowest BCUT2D eigenvalue weighted by atomic mass is 10.1. The number of hydrogen-bond acceptors (Lipinski definition) is 3. The first-order valence-electron chi connectivity index (χ1n) is 6.06. The smallest absolute Gasteiger partial charge is 0.0106 e. The van der Waals surface area contributed by atoms with Crippen molar-refractivity contribution >= 4 is 0 Å². The van der Waals surface area contributed by atoms with Gasteiger partial charge in [-0.15, -0.1) is 0 Å². The highest BCUT2D eigenvalue weighted by Gasteiger charge is 2.01. The van der Waals surface area contributed by atoms with Crippen molar-refractivity contribution in [2.24, 2.45) is 0 Å². The minimum Gasteiger partial charge on any atom is -0.317 e. The molecule has 1 atom stereocenters. The summed E-state index contributed by atoms with van der Waals surface area (Å²) in [6.07, 6.45) is 3.93. The van der Waals surface area contributed by atoms with Crippen LogP contribution in [-0.4, -0.2) is 63.7 Å². The summed E-state index contributed by atoms with van der Waals surface area (Å²) < 4.78 is 0. The van der Waals surface area contributed by atoms with Gasteiger partial charge in [0.1, 0.15) is 0 Å². The van der Waals surface area contributed by atoms with Gasteiger partial charge >= 0.3 is 0 Å². The van der Waals surface area contributed by atoms with Crippen LogP contribution in [0.15, 0.2) is 0 Å². The van der Waals surface area contributed by atoms with Crippen LogP contribution in [0.5, 0.6) is 0 Å². The average molecular weight is 215 g/mol. The molecule has 0 aliphatic heterocycles. The van der Waals surface area contributed by atoms with Crippen molar-refractivity contribution in [3.8, 4) is 0 Å². The summed E-state index contributed by atoms with van der Waals surface area (Å²) in [5, 5.41) is 3.27. The third-order valence-electron chi connectivity index (χ3n) is 2.85. The van der Waals surface area contributed by atoms with Crippen LogP contribution in [0.1, 0.15) is 26.2 Å². The van der Waals surface area contributed by atoms with E-state index in [1.54, 1.807) is 0 Å². The van der Waals surface area contributed by atoms with Crippen LogP contribution in [0.25, 0.3) is 0 Å². The highest BCUT2D eigenvalue weighted by Crippen LogP contribution is 2.01. The lowest BCUT2D eigenvalue weighted by Gasteiger charge is -2.19. The maximum Gasteiger partial charge on any atom is 0.0106 e. The Kier molecular flexibility index (Phi) is 9.06. The zero-order chi connectivity index (χ0) is 11.7. The molecule has 92 valence electrons. The Morgan fingerprint density at radius 2 is 1.67 bits per heavy atom. The second-order valence-corrected chi connectivity index (χ2v) is 4.79. The molecular weight excluding hydrogens is 186 g/mol. The molecule has 0 saturated heterocycles. The van der Waals surface area contributed by atoms with E-state index >= 15 is 0 Å². The Morgan fingerprint density at radius 3 is 2.20 bits per heavy atom. The second-order valence-electron chi connectivity index (χ2n) is 4.79. The number of unbranched alkanes of at least 4 members (excludes halogenated alkanes) is 1. The Bertz CT molecular complexity index is 137. The molecule has 0 radical (unpaired) electrons. The molecule has 0 bridgehead atoms. The topological polar surface area (TPSA) is 18.5 Å². The number of hydrogen-bond donors (Lipinski definition) is 1. The number of likely N-dealkylation sites (N-methyl/N-ethyl adjacent to an activating group) is 2. The molecule has 0 heterocycles. The van der Waals surface area contributed by atoms with Crippen molar-refractivity contribution in [1.82, 2.24) is 15.1 Å². The monoisotopic (exact) mass is 215 g/mol. The van der Waals surface area contributed by atoms with E-state index in [-0.39, 0.29) is 0 Å². The molecule has 1 N–H and O–H groups in total. The van der Waals surface area contributed by atoms with Gasteiger partial charge in [-0.25, -0.2) is 0 Å². The molecular formula is C12H29N3. The van der Waals surface area contributed by atoms with Gasteiger partial charge in [-0.3, -0.25) is 0 Å². The van der Waals surface area contributed by atoms with Crippen LogP contribution in [-0.2, 0) is 0 Å². The fourth-order valence-corrected chi connectivity index (χ4v) is 1.46. The van der Waals surface area contributed by atoms with E-state index in [0.717, 1.165) is 6.54 Å². The first kappa shape index (κ1) is 14.9. The molecule has 0 aromatic rings. The standard InChI is InChI=1S/C12H29N3/c1-12(13-2)8-6-7-9-15(5)11-10-14(3)4/h12-13H,6-11H2,1-5H3. The minimum atomic E-state index is 0.664. The first-order chi connectivity index (χ1) is 7.06. The maximum absolute atomic E-state index is 3.27. The van der Waals surface area contributed by atoms with E-state index < -0.39 is 0 Å². The molecule has 0 spiro atoms. The van der Waals surface area contributed by atoms with Crippen LogP contribution >= 0.6 is 0 Å². The summed E-state index contributed by atoms with van der Waals surface area (Å²) in [7, 11) is 8.50. The third-order valence-corrected chi connectivity index (χ3v) is 2.85. The van der Waals surface area contributed by atoms with E-state index in [1.165, 1.54) is 32.4 Å². The van der Waals surface area contributed by atoms with Crippen LogP contribution in [0.4, 0.5) is 0 Å². The van der Waals surface area contributed by atoms with E-state index in [4.69, 9.17) is 0 Å². The summed E-state index contributed by atoms with van der Waals surface area (Å²) in [5.41, 5.74) is 0. The van der Waals surface area contributed by atoms with Crippen molar-refractivity contribution in [2.75, 3.05) is 47.8 Å². The molecule has 0 aromatic heterocycles. The summed E-state index contributed by atoms with van der Waals surface area (Å²) in [4.78, 5) is 4.66. The molecule has 0 aliphatic carbocycles. The van der Waals surface area contributed by atoms with Crippen LogP contribution in [0.2, 0.25) is 0 Å². The molecule has 0 saturated carbocycles. The largest absolute Gasteiger partial charge is 0.317 e. The van der Waals surface area contributed by atoms with Crippen molar-refractivity contribution < 1.29 is 0 Å². The van der Waals surface area contributed by atoms with Crippen molar-refractivity contribution in [3.05, 3.63) is 0 Å². The van der Waals surface area contributed by atoms with Gasteiger partial charge in [0, 0.05) is 19.1 Å². The van der Waals surface area contributed by atoms with Gasteiger partial charge in [-0.1, -0.05) is 6.42 Å². The van der Waals surface area contributed by atoms with Crippen LogP contribution in [0, 0.1) is 0 Å². The fraction of sp³-hybridized carbons (Fsp3) is 1.00. The molecule has 0 rings (SSSR count). The van der Waals surface area contributed by atoms with Gasteiger partial charge in [-0.2, -0.15) is 0 Å². The Hall–Kier alpha value is -0.120. The van der Waals surface area contributed by atoms with Crippen LogP contribution < -0.4 is 5.32 Å². The lowest BCUT2D eigenvalue weighted by Crippen LogP contribution is -2.29. The Morgan fingerprint density at radius 1 is 1.00 bits per heavy atom. The highest BCUT2D eigenvalue weighted by molar-refractivity contribution is 4.59. The number of nitrogens with one attached hydrogen (secondary N) is 1. The first-order valence-corrected chi connectivity index (χ1v) is 6.06. The average Bonchev–Trinajstić information content (AvgIpc) is 2.21.